The zero-order chi connectivity index (χ0) is 17.8. The molecule has 0 aromatic carbocycles. The molecule has 2 aromatic rings. The highest BCUT2D eigenvalue weighted by Crippen LogP contribution is 2.31. The Labute approximate surface area is 155 Å². The first kappa shape index (κ1) is 18.5. The van der Waals surface area contributed by atoms with Gasteiger partial charge in [-0.2, -0.15) is 0 Å². The molecule has 6 nitrogen and oxygen atoms in total. The van der Waals surface area contributed by atoms with Gasteiger partial charge in [0.05, 0.1) is 29.9 Å². The van der Waals surface area contributed by atoms with Crippen LogP contribution in [0.4, 0.5) is 0 Å². The maximum absolute atomic E-state index is 12.7. The van der Waals surface area contributed by atoms with Crippen molar-refractivity contribution in [3.05, 3.63) is 28.1 Å². The Balaban J connectivity index is 1.60. The van der Waals surface area contributed by atoms with E-state index in [0.717, 1.165) is 28.7 Å². The molecule has 25 heavy (non-hydrogen) atoms. The second-order valence-corrected chi connectivity index (χ2v) is 8.11. The van der Waals surface area contributed by atoms with Crippen LogP contribution >= 0.6 is 22.7 Å². The van der Waals surface area contributed by atoms with Crippen LogP contribution in [0.5, 0.6) is 0 Å². The number of likely N-dealkylation sites (N-methyl/N-ethyl adjacent to an activating group) is 1. The van der Waals surface area contributed by atoms with Crippen molar-refractivity contribution in [3.8, 4) is 9.88 Å². The van der Waals surface area contributed by atoms with E-state index in [2.05, 4.69) is 9.88 Å². The van der Waals surface area contributed by atoms with Gasteiger partial charge in [-0.15, -0.1) is 22.7 Å². The molecule has 1 aliphatic rings. The minimum Gasteiger partial charge on any atom is -0.390 e. The van der Waals surface area contributed by atoms with Gasteiger partial charge in [-0.3, -0.25) is 9.69 Å². The number of aromatic nitrogens is 1. The summed E-state index contributed by atoms with van der Waals surface area (Å²) < 4.78 is 5.31. The quantitative estimate of drug-likeness (QED) is 0.828. The van der Waals surface area contributed by atoms with Crippen molar-refractivity contribution < 1.29 is 14.6 Å². The summed E-state index contributed by atoms with van der Waals surface area (Å²) in [5, 5.41) is 13.2. The van der Waals surface area contributed by atoms with Gasteiger partial charge in [0.1, 0.15) is 9.88 Å². The van der Waals surface area contributed by atoms with Crippen LogP contribution in [0.2, 0.25) is 0 Å². The van der Waals surface area contributed by atoms with Gasteiger partial charge in [0.25, 0.3) is 5.91 Å². The molecule has 1 fully saturated rings. The van der Waals surface area contributed by atoms with Gasteiger partial charge in [0.2, 0.25) is 0 Å². The van der Waals surface area contributed by atoms with Crippen molar-refractivity contribution in [2.24, 2.45) is 0 Å². The van der Waals surface area contributed by atoms with Crippen LogP contribution in [0.1, 0.15) is 15.4 Å². The molecule has 0 spiro atoms. The van der Waals surface area contributed by atoms with Crippen molar-refractivity contribution in [1.82, 2.24) is 14.8 Å². The topological polar surface area (TPSA) is 65.9 Å². The number of β-amino-alcohol motifs (C(OH)–C–C–N with tert-alkyl or cyclic N) is 1. The van der Waals surface area contributed by atoms with Crippen LogP contribution in [0.25, 0.3) is 9.88 Å². The van der Waals surface area contributed by atoms with E-state index in [1.165, 1.54) is 11.3 Å². The normalized spacial score (nSPS) is 16.8. The SMILES string of the molecule is Cc1nc(-c2cccs2)sc1C(=O)N(C)C[C@H](O)CN1CCOCC1. The second-order valence-electron chi connectivity index (χ2n) is 6.16. The molecule has 0 radical (unpaired) electrons. The number of thiazole rings is 1. The van der Waals surface area contributed by atoms with E-state index in [4.69, 9.17) is 4.74 Å². The number of aliphatic hydroxyl groups excluding tert-OH is 1. The van der Waals surface area contributed by atoms with Crippen molar-refractivity contribution in [2.75, 3.05) is 46.4 Å². The van der Waals surface area contributed by atoms with E-state index < -0.39 is 6.10 Å². The van der Waals surface area contributed by atoms with Gasteiger partial charge in [0, 0.05) is 33.2 Å². The Morgan fingerprint density at radius 3 is 2.92 bits per heavy atom. The molecule has 3 heterocycles. The van der Waals surface area contributed by atoms with Gasteiger partial charge in [-0.25, -0.2) is 4.98 Å². The molecule has 1 amide bonds. The van der Waals surface area contributed by atoms with Crippen molar-refractivity contribution >= 4 is 28.6 Å². The van der Waals surface area contributed by atoms with Gasteiger partial charge >= 0.3 is 0 Å². The Hall–Kier alpha value is -1.32. The average molecular weight is 382 g/mol. The van der Waals surface area contributed by atoms with Gasteiger partial charge in [-0.1, -0.05) is 6.07 Å². The lowest BCUT2D eigenvalue weighted by atomic mass is 10.2. The van der Waals surface area contributed by atoms with Gasteiger partial charge < -0.3 is 14.7 Å². The molecule has 0 bridgehead atoms. The average Bonchev–Trinajstić information content (AvgIpc) is 3.24. The third kappa shape index (κ3) is 4.65. The molecule has 136 valence electrons. The first-order valence-corrected chi connectivity index (χ1v) is 9.99. The monoisotopic (exact) mass is 381 g/mol. The molecule has 8 heteroatoms. The number of hydrogen-bond donors (Lipinski definition) is 1. The molecule has 3 rings (SSSR count). The maximum atomic E-state index is 12.7. The molecule has 1 N–H and O–H groups in total. The summed E-state index contributed by atoms with van der Waals surface area (Å²) in [6, 6.07) is 3.99. The van der Waals surface area contributed by atoms with E-state index in [9.17, 15) is 9.90 Å². The zero-order valence-corrected chi connectivity index (χ0v) is 16.1. The lowest BCUT2D eigenvalue weighted by Gasteiger charge is -2.30. The number of aryl methyl sites for hydroxylation is 1. The minimum atomic E-state index is -0.572. The third-order valence-corrected chi connectivity index (χ3v) is 6.31. The number of nitrogens with zero attached hydrogens (tertiary/aromatic N) is 3. The Kier molecular flexibility index (Phi) is 6.19. The van der Waals surface area contributed by atoms with Crippen molar-refractivity contribution in [3.63, 3.8) is 0 Å². The molecule has 1 atom stereocenters. The number of hydrogen-bond acceptors (Lipinski definition) is 7. The van der Waals surface area contributed by atoms with E-state index in [-0.39, 0.29) is 5.91 Å². The number of morpholine rings is 1. The van der Waals surface area contributed by atoms with Crippen LogP contribution in [0, 0.1) is 6.92 Å². The van der Waals surface area contributed by atoms with Crippen molar-refractivity contribution in [1.29, 1.82) is 0 Å². The predicted octanol–water partition coefficient (Wildman–Crippen LogP) is 1.95. The summed E-state index contributed by atoms with van der Waals surface area (Å²) in [6.07, 6.45) is -0.572. The highest BCUT2D eigenvalue weighted by atomic mass is 32.1. The van der Waals surface area contributed by atoms with Crippen LogP contribution < -0.4 is 0 Å². The van der Waals surface area contributed by atoms with E-state index in [1.54, 1.807) is 23.3 Å². The first-order chi connectivity index (χ1) is 12.0. The number of carbonyl (C=O) groups is 1. The van der Waals surface area contributed by atoms with E-state index in [1.807, 2.05) is 24.4 Å². The molecule has 1 aliphatic heterocycles. The summed E-state index contributed by atoms with van der Waals surface area (Å²) in [5.41, 5.74) is 0.743. The fourth-order valence-corrected chi connectivity index (χ4v) is 4.67. The highest BCUT2D eigenvalue weighted by molar-refractivity contribution is 7.22. The standard InChI is InChI=1S/C17H23N3O3S2/c1-12-15(25-16(18-12)14-4-3-9-24-14)17(22)19(2)10-13(21)11-20-5-7-23-8-6-20/h3-4,9,13,21H,5-8,10-11H2,1-2H3/t13-/m0/s1. The molecular weight excluding hydrogens is 358 g/mol. The lowest BCUT2D eigenvalue weighted by Crippen LogP contribution is -2.45. The molecular formula is C17H23N3O3S2. The number of rotatable bonds is 6. The van der Waals surface area contributed by atoms with E-state index in [0.29, 0.717) is 31.2 Å². The predicted molar refractivity (Wildman–Crippen MR) is 100 cm³/mol. The van der Waals surface area contributed by atoms with Crippen molar-refractivity contribution in [2.45, 2.75) is 13.0 Å². The number of aliphatic hydroxyl groups is 1. The minimum absolute atomic E-state index is 0.0844. The number of ether oxygens (including phenoxy) is 1. The first-order valence-electron chi connectivity index (χ1n) is 8.29. The second kappa shape index (κ2) is 8.37. The summed E-state index contributed by atoms with van der Waals surface area (Å²) >= 11 is 3.03. The fourth-order valence-electron chi connectivity index (χ4n) is 2.81. The summed E-state index contributed by atoms with van der Waals surface area (Å²) in [4.78, 5) is 22.7. The van der Waals surface area contributed by atoms with E-state index >= 15 is 0 Å². The summed E-state index contributed by atoms with van der Waals surface area (Å²) in [6.45, 7) is 5.78. The number of thiophene rings is 1. The maximum Gasteiger partial charge on any atom is 0.265 e. The van der Waals surface area contributed by atoms with Crippen LogP contribution in [-0.2, 0) is 4.74 Å². The van der Waals surface area contributed by atoms with Crippen LogP contribution in [0.15, 0.2) is 17.5 Å². The van der Waals surface area contributed by atoms with Gasteiger partial charge in [0.15, 0.2) is 0 Å². The zero-order valence-electron chi connectivity index (χ0n) is 14.5. The molecule has 1 saturated heterocycles. The number of carbonyl (C=O) groups excluding carboxylic acids is 1. The van der Waals surface area contributed by atoms with Crippen LogP contribution in [-0.4, -0.2) is 78.3 Å². The fraction of sp³-hybridized carbons (Fsp3) is 0.529. The summed E-state index contributed by atoms with van der Waals surface area (Å²) in [7, 11) is 1.73. The van der Waals surface area contributed by atoms with Gasteiger partial charge in [-0.05, 0) is 18.4 Å². The van der Waals surface area contributed by atoms with Crippen LogP contribution in [0.3, 0.4) is 0 Å². The Bertz CT molecular complexity index is 696. The Morgan fingerprint density at radius 1 is 1.48 bits per heavy atom. The largest absolute Gasteiger partial charge is 0.390 e. The molecule has 0 aliphatic carbocycles. The summed E-state index contributed by atoms with van der Waals surface area (Å²) in [5.74, 6) is -0.0844. The third-order valence-electron chi connectivity index (χ3n) is 4.13. The molecule has 0 saturated carbocycles. The number of amides is 1. The molecule has 2 aromatic heterocycles. The molecule has 0 unspecified atom stereocenters. The highest BCUT2D eigenvalue weighted by Gasteiger charge is 2.23. The lowest BCUT2D eigenvalue weighted by molar-refractivity contribution is 0.00882. The Morgan fingerprint density at radius 2 is 2.24 bits per heavy atom. The smallest absolute Gasteiger partial charge is 0.265 e.